The number of methoxy groups -OCH3 is 1. The maximum Gasteiger partial charge on any atom is 0.227 e. The third-order valence-corrected chi connectivity index (χ3v) is 6.69. The Bertz CT molecular complexity index is 806. The summed E-state index contributed by atoms with van der Waals surface area (Å²) in [5, 5.41) is 1.15. The van der Waals surface area contributed by atoms with Gasteiger partial charge in [0.2, 0.25) is 5.91 Å². The Morgan fingerprint density at radius 1 is 1.28 bits per heavy atom. The third-order valence-electron chi connectivity index (χ3n) is 5.57. The highest BCUT2D eigenvalue weighted by molar-refractivity contribution is 7.18. The van der Waals surface area contributed by atoms with Crippen LogP contribution in [0.25, 0.3) is 10.2 Å². The second kappa shape index (κ2) is 6.53. The molecule has 25 heavy (non-hydrogen) atoms. The monoisotopic (exact) mass is 360 g/mol. The zero-order valence-corrected chi connectivity index (χ0v) is 15.8. The fourth-order valence-electron chi connectivity index (χ4n) is 4.10. The Kier molecular flexibility index (Phi) is 4.37. The SMILES string of the molecule is COCCN1C(=O)[C@@H]2CC[C@H]1CN(c1ncnc3sc(C)c(C)c13)C2. The van der Waals surface area contributed by atoms with Crippen LogP contribution in [0.1, 0.15) is 23.3 Å². The fraction of sp³-hybridized carbons (Fsp3) is 0.611. The number of aryl methyl sites for hydroxylation is 2. The first-order chi connectivity index (χ1) is 12.1. The molecule has 3 aliphatic heterocycles. The van der Waals surface area contributed by atoms with Gasteiger partial charge in [0.15, 0.2) is 0 Å². The number of amides is 1. The molecule has 5 rings (SSSR count). The molecular weight excluding hydrogens is 336 g/mol. The second-order valence-electron chi connectivity index (χ2n) is 7.02. The van der Waals surface area contributed by atoms with Crippen molar-refractivity contribution in [2.45, 2.75) is 32.7 Å². The summed E-state index contributed by atoms with van der Waals surface area (Å²) < 4.78 is 5.20. The maximum atomic E-state index is 12.8. The first-order valence-electron chi connectivity index (χ1n) is 8.85. The molecule has 0 spiro atoms. The molecule has 7 heteroatoms. The van der Waals surface area contributed by atoms with Gasteiger partial charge in [0, 0.05) is 37.7 Å². The summed E-state index contributed by atoms with van der Waals surface area (Å²) >= 11 is 1.72. The van der Waals surface area contributed by atoms with E-state index in [0.29, 0.717) is 13.2 Å². The summed E-state index contributed by atoms with van der Waals surface area (Å²) in [6, 6.07) is 0.242. The molecule has 1 amide bonds. The van der Waals surface area contributed by atoms with E-state index in [1.165, 1.54) is 10.4 Å². The molecular formula is C18H24N4O2S. The van der Waals surface area contributed by atoms with Gasteiger partial charge in [0.05, 0.1) is 17.9 Å². The van der Waals surface area contributed by atoms with Gasteiger partial charge in [0.1, 0.15) is 17.0 Å². The van der Waals surface area contributed by atoms with Gasteiger partial charge in [-0.2, -0.15) is 0 Å². The van der Waals surface area contributed by atoms with Crippen LogP contribution in [0.4, 0.5) is 5.82 Å². The van der Waals surface area contributed by atoms with Gasteiger partial charge in [-0.3, -0.25) is 4.79 Å². The predicted octanol–water partition coefficient (Wildman–Crippen LogP) is 2.38. The predicted molar refractivity (Wildman–Crippen MR) is 99.2 cm³/mol. The van der Waals surface area contributed by atoms with Gasteiger partial charge in [0.25, 0.3) is 0 Å². The Morgan fingerprint density at radius 2 is 2.12 bits per heavy atom. The molecule has 0 unspecified atom stereocenters. The second-order valence-corrected chi connectivity index (χ2v) is 8.22. The molecule has 2 aromatic rings. The summed E-state index contributed by atoms with van der Waals surface area (Å²) in [6.07, 6.45) is 3.69. The lowest BCUT2D eigenvalue weighted by molar-refractivity contribution is -0.140. The Hall–Kier alpha value is -1.73. The van der Waals surface area contributed by atoms with Crippen LogP contribution in [0, 0.1) is 19.8 Å². The summed E-state index contributed by atoms with van der Waals surface area (Å²) in [4.78, 5) is 28.6. The molecule has 5 heterocycles. The molecule has 2 aromatic heterocycles. The van der Waals surface area contributed by atoms with Crippen molar-refractivity contribution in [2.75, 3.05) is 38.3 Å². The summed E-state index contributed by atoms with van der Waals surface area (Å²) in [5.41, 5.74) is 1.26. The highest BCUT2D eigenvalue weighted by Gasteiger charge is 2.41. The largest absolute Gasteiger partial charge is 0.383 e. The molecule has 3 aliphatic rings. The number of carbonyl (C=O) groups excluding carboxylic acids is 1. The molecule has 0 saturated carbocycles. The lowest BCUT2D eigenvalue weighted by atomic mass is 9.94. The van der Waals surface area contributed by atoms with E-state index in [0.717, 1.165) is 42.0 Å². The van der Waals surface area contributed by atoms with Crippen LogP contribution in [0.15, 0.2) is 6.33 Å². The smallest absolute Gasteiger partial charge is 0.227 e. The van der Waals surface area contributed by atoms with E-state index in [4.69, 9.17) is 4.74 Å². The minimum atomic E-state index is 0.0562. The minimum absolute atomic E-state index is 0.0562. The van der Waals surface area contributed by atoms with Crippen LogP contribution in [-0.4, -0.2) is 60.2 Å². The Balaban J connectivity index is 1.70. The van der Waals surface area contributed by atoms with Crippen molar-refractivity contribution in [2.24, 2.45) is 5.92 Å². The zero-order chi connectivity index (χ0) is 17.6. The Labute approximate surface area is 151 Å². The van der Waals surface area contributed by atoms with Crippen LogP contribution in [0.2, 0.25) is 0 Å². The van der Waals surface area contributed by atoms with Crippen LogP contribution >= 0.6 is 11.3 Å². The number of carbonyl (C=O) groups is 1. The van der Waals surface area contributed by atoms with Crippen LogP contribution in [0.3, 0.4) is 0 Å². The van der Waals surface area contributed by atoms with Crippen LogP contribution < -0.4 is 4.90 Å². The number of nitrogens with zero attached hydrogens (tertiary/aromatic N) is 4. The fourth-order valence-corrected chi connectivity index (χ4v) is 5.09. The van der Waals surface area contributed by atoms with Crippen molar-refractivity contribution in [3.05, 3.63) is 16.8 Å². The van der Waals surface area contributed by atoms with E-state index < -0.39 is 0 Å². The molecule has 0 aliphatic carbocycles. The van der Waals surface area contributed by atoms with Gasteiger partial charge in [-0.1, -0.05) is 0 Å². The number of ether oxygens (including phenoxy) is 1. The van der Waals surface area contributed by atoms with E-state index in [1.54, 1.807) is 24.8 Å². The summed E-state index contributed by atoms with van der Waals surface area (Å²) in [6.45, 7) is 7.14. The number of aromatic nitrogens is 2. The first kappa shape index (κ1) is 16.7. The van der Waals surface area contributed by atoms with Gasteiger partial charge >= 0.3 is 0 Å². The molecule has 3 saturated heterocycles. The van der Waals surface area contributed by atoms with Gasteiger partial charge in [-0.15, -0.1) is 11.3 Å². The van der Waals surface area contributed by atoms with Gasteiger partial charge < -0.3 is 14.5 Å². The number of thiophene rings is 1. The van der Waals surface area contributed by atoms with Crippen molar-refractivity contribution in [3.8, 4) is 0 Å². The van der Waals surface area contributed by atoms with E-state index in [-0.39, 0.29) is 17.9 Å². The number of anilines is 1. The first-order valence-corrected chi connectivity index (χ1v) is 9.67. The van der Waals surface area contributed by atoms with Crippen LogP contribution in [-0.2, 0) is 9.53 Å². The van der Waals surface area contributed by atoms with Crippen LogP contribution in [0.5, 0.6) is 0 Å². The van der Waals surface area contributed by atoms with Crippen molar-refractivity contribution < 1.29 is 9.53 Å². The molecule has 0 aromatic carbocycles. The highest BCUT2D eigenvalue weighted by atomic mass is 32.1. The topological polar surface area (TPSA) is 58.6 Å². The van der Waals surface area contributed by atoms with Gasteiger partial charge in [-0.25, -0.2) is 9.97 Å². The average Bonchev–Trinajstić information content (AvgIpc) is 2.77. The lowest BCUT2D eigenvalue weighted by Gasteiger charge is -2.35. The molecule has 2 atom stereocenters. The molecule has 134 valence electrons. The quantitative estimate of drug-likeness (QED) is 0.838. The van der Waals surface area contributed by atoms with E-state index >= 15 is 0 Å². The van der Waals surface area contributed by atoms with E-state index in [2.05, 4.69) is 28.7 Å². The standard InChI is InChI=1S/C18H24N4O2S/c1-11-12(2)25-17-15(11)16(19-10-20-17)21-8-13-4-5-14(9-21)22(18(13)23)6-7-24-3/h10,13-14H,4-9H2,1-3H3/t13-,14+/m1/s1. The van der Waals surface area contributed by atoms with Gasteiger partial charge in [-0.05, 0) is 32.3 Å². The number of fused-ring (bicyclic) bond motifs is 5. The highest BCUT2D eigenvalue weighted by Crippen LogP contribution is 2.37. The maximum absolute atomic E-state index is 12.8. The molecule has 0 radical (unpaired) electrons. The van der Waals surface area contributed by atoms with Crippen molar-refractivity contribution in [1.82, 2.24) is 14.9 Å². The normalized spacial score (nSPS) is 23.6. The Morgan fingerprint density at radius 3 is 2.92 bits per heavy atom. The van der Waals surface area contributed by atoms with Crippen molar-refractivity contribution >= 4 is 33.3 Å². The van der Waals surface area contributed by atoms with Crippen molar-refractivity contribution in [1.29, 1.82) is 0 Å². The lowest BCUT2D eigenvalue weighted by Crippen LogP contribution is -2.49. The van der Waals surface area contributed by atoms with Crippen molar-refractivity contribution in [3.63, 3.8) is 0 Å². The number of rotatable bonds is 4. The molecule has 6 nitrogen and oxygen atoms in total. The average molecular weight is 360 g/mol. The zero-order valence-electron chi connectivity index (χ0n) is 15.0. The number of hydrogen-bond donors (Lipinski definition) is 0. The number of piperidine rings is 1. The van der Waals surface area contributed by atoms with E-state index in [1.807, 2.05) is 4.90 Å². The molecule has 3 fully saturated rings. The van der Waals surface area contributed by atoms with E-state index in [9.17, 15) is 4.79 Å². The number of hydrogen-bond acceptors (Lipinski definition) is 6. The summed E-state index contributed by atoms with van der Waals surface area (Å²) in [5.74, 6) is 1.32. The minimum Gasteiger partial charge on any atom is -0.383 e. The summed E-state index contributed by atoms with van der Waals surface area (Å²) in [7, 11) is 1.69. The molecule has 2 bridgehead atoms. The third kappa shape index (κ3) is 2.79. The molecule has 0 N–H and O–H groups in total.